The molecule has 2 aromatic rings. The number of carbonyl (C=O) groups is 1. The Labute approximate surface area is 83.1 Å². The Morgan fingerprint density at radius 2 is 2.00 bits per heavy atom. The summed E-state index contributed by atoms with van der Waals surface area (Å²) >= 11 is 0. The van der Waals surface area contributed by atoms with Crippen molar-refractivity contribution in [3.63, 3.8) is 0 Å². The van der Waals surface area contributed by atoms with Crippen molar-refractivity contribution in [2.75, 3.05) is 0 Å². The second-order valence-electron chi connectivity index (χ2n) is 2.93. The zero-order valence-corrected chi connectivity index (χ0v) is 7.49. The van der Waals surface area contributed by atoms with Gasteiger partial charge in [-0.3, -0.25) is 9.59 Å². The van der Waals surface area contributed by atoms with Crippen molar-refractivity contribution >= 4 is 16.9 Å². The summed E-state index contributed by atoms with van der Waals surface area (Å²) in [4.78, 5) is 22.2. The summed E-state index contributed by atoms with van der Waals surface area (Å²) in [5.41, 5.74) is 4.12. The van der Waals surface area contributed by atoms with Crippen LogP contribution in [-0.4, -0.2) is 5.91 Å². The van der Waals surface area contributed by atoms with E-state index >= 15 is 0 Å². The number of halogens is 1. The number of hydrogen-bond donors (Lipinski definition) is 1. The predicted octanol–water partition coefficient (Wildman–Crippen LogP) is 1.03. The van der Waals surface area contributed by atoms with Crippen molar-refractivity contribution in [1.82, 2.24) is 0 Å². The van der Waals surface area contributed by atoms with E-state index in [2.05, 4.69) is 0 Å². The van der Waals surface area contributed by atoms with E-state index in [1.54, 1.807) is 12.1 Å². The molecule has 0 atom stereocenters. The fourth-order valence-electron chi connectivity index (χ4n) is 1.28. The normalized spacial score (nSPS) is 10.5. The predicted molar refractivity (Wildman–Crippen MR) is 51.0 cm³/mol. The van der Waals surface area contributed by atoms with E-state index in [1.807, 2.05) is 0 Å². The van der Waals surface area contributed by atoms with Crippen LogP contribution in [0, 0.1) is 5.82 Å². The number of fused-ring (bicyclic) bond motifs is 1. The Morgan fingerprint density at radius 1 is 1.33 bits per heavy atom. The minimum Gasteiger partial charge on any atom is -0.448 e. The molecule has 15 heavy (non-hydrogen) atoms. The van der Waals surface area contributed by atoms with Gasteiger partial charge in [-0.25, -0.2) is 0 Å². The number of benzene rings is 1. The Kier molecular flexibility index (Phi) is 2.00. The Hall–Kier alpha value is -2.17. The van der Waals surface area contributed by atoms with Crippen LogP contribution in [0.1, 0.15) is 10.6 Å². The summed E-state index contributed by atoms with van der Waals surface area (Å²) in [5, 5.41) is 0.0833. The lowest BCUT2D eigenvalue weighted by Gasteiger charge is -2.00. The van der Waals surface area contributed by atoms with Gasteiger partial charge in [0.05, 0.1) is 5.39 Å². The zero-order chi connectivity index (χ0) is 11.0. The van der Waals surface area contributed by atoms with Crippen molar-refractivity contribution < 1.29 is 13.6 Å². The summed E-state index contributed by atoms with van der Waals surface area (Å²) in [5.74, 6) is -3.09. The van der Waals surface area contributed by atoms with Crippen LogP contribution in [0.4, 0.5) is 4.39 Å². The van der Waals surface area contributed by atoms with Crippen LogP contribution in [0.2, 0.25) is 0 Å². The summed E-state index contributed by atoms with van der Waals surface area (Å²) in [6.45, 7) is 0. The van der Waals surface area contributed by atoms with Crippen LogP contribution in [-0.2, 0) is 0 Å². The first kappa shape index (κ1) is 9.39. The second-order valence-corrected chi connectivity index (χ2v) is 2.93. The van der Waals surface area contributed by atoms with E-state index in [4.69, 9.17) is 10.2 Å². The zero-order valence-electron chi connectivity index (χ0n) is 7.49. The first-order valence-corrected chi connectivity index (χ1v) is 4.12. The fourth-order valence-corrected chi connectivity index (χ4v) is 1.28. The monoisotopic (exact) mass is 207 g/mol. The van der Waals surface area contributed by atoms with Crippen molar-refractivity contribution in [1.29, 1.82) is 0 Å². The molecule has 5 heteroatoms. The number of carbonyl (C=O) groups excluding carboxylic acids is 1. The standard InChI is InChI=1S/C10H6FNO3/c11-7-8(13)5-3-1-2-4-6(5)15-9(7)10(12)14/h1-4H,(H2,12,14). The Balaban J connectivity index is 2.95. The molecule has 0 aliphatic heterocycles. The molecule has 1 heterocycles. The van der Waals surface area contributed by atoms with E-state index in [9.17, 15) is 14.0 Å². The third-order valence-electron chi connectivity index (χ3n) is 1.97. The molecule has 0 saturated heterocycles. The quantitative estimate of drug-likeness (QED) is 0.758. The molecule has 0 saturated carbocycles. The van der Waals surface area contributed by atoms with Crippen molar-refractivity contribution in [2.24, 2.45) is 5.73 Å². The van der Waals surface area contributed by atoms with Gasteiger partial charge in [0.25, 0.3) is 5.91 Å². The highest BCUT2D eigenvalue weighted by Crippen LogP contribution is 2.13. The molecule has 0 radical (unpaired) electrons. The van der Waals surface area contributed by atoms with Gasteiger partial charge in [0, 0.05) is 0 Å². The molecule has 0 unspecified atom stereocenters. The van der Waals surface area contributed by atoms with Crippen molar-refractivity contribution in [2.45, 2.75) is 0 Å². The fraction of sp³-hybridized carbons (Fsp3) is 0. The minimum atomic E-state index is -1.25. The average Bonchev–Trinajstić information content (AvgIpc) is 2.23. The summed E-state index contributed by atoms with van der Waals surface area (Å²) < 4.78 is 18.2. The maximum atomic E-state index is 13.3. The molecule has 0 aliphatic carbocycles. The van der Waals surface area contributed by atoms with Crippen LogP contribution < -0.4 is 11.2 Å². The molecule has 4 nitrogen and oxygen atoms in total. The first-order valence-electron chi connectivity index (χ1n) is 4.12. The largest absolute Gasteiger partial charge is 0.448 e. The lowest BCUT2D eigenvalue weighted by atomic mass is 10.2. The Bertz CT molecular complexity index is 603. The molecule has 2 N–H and O–H groups in total. The molecular formula is C10H6FNO3. The summed E-state index contributed by atoms with van der Waals surface area (Å²) in [6.07, 6.45) is 0. The number of para-hydroxylation sites is 1. The topological polar surface area (TPSA) is 73.3 Å². The maximum absolute atomic E-state index is 13.3. The molecule has 0 bridgehead atoms. The van der Waals surface area contributed by atoms with Gasteiger partial charge in [-0.1, -0.05) is 12.1 Å². The summed E-state index contributed by atoms with van der Waals surface area (Å²) in [6, 6.07) is 6.05. The van der Waals surface area contributed by atoms with Crippen molar-refractivity contribution in [3.05, 3.63) is 46.1 Å². The lowest BCUT2D eigenvalue weighted by molar-refractivity contribution is 0.0967. The van der Waals surface area contributed by atoms with Gasteiger partial charge in [-0.05, 0) is 12.1 Å². The molecule has 1 aromatic carbocycles. The summed E-state index contributed by atoms with van der Waals surface area (Å²) in [7, 11) is 0. The molecule has 1 aromatic heterocycles. The van der Waals surface area contributed by atoms with Gasteiger partial charge in [0.1, 0.15) is 5.58 Å². The van der Waals surface area contributed by atoms with Gasteiger partial charge in [-0.2, -0.15) is 4.39 Å². The van der Waals surface area contributed by atoms with E-state index in [0.717, 1.165) is 0 Å². The molecule has 1 amide bonds. The average molecular weight is 207 g/mol. The highest BCUT2D eigenvalue weighted by atomic mass is 19.1. The molecule has 2 rings (SSSR count). The molecule has 0 spiro atoms. The maximum Gasteiger partial charge on any atom is 0.287 e. The number of hydrogen-bond acceptors (Lipinski definition) is 3. The number of amides is 1. The van der Waals surface area contributed by atoms with Gasteiger partial charge in [-0.15, -0.1) is 0 Å². The van der Waals surface area contributed by atoms with Crippen LogP contribution in [0.3, 0.4) is 0 Å². The van der Waals surface area contributed by atoms with E-state index < -0.39 is 22.9 Å². The number of nitrogens with two attached hydrogens (primary N) is 1. The third kappa shape index (κ3) is 1.38. The van der Waals surface area contributed by atoms with E-state index in [1.165, 1.54) is 12.1 Å². The number of rotatable bonds is 1. The lowest BCUT2D eigenvalue weighted by Crippen LogP contribution is -2.19. The smallest absolute Gasteiger partial charge is 0.287 e. The van der Waals surface area contributed by atoms with Gasteiger partial charge < -0.3 is 10.2 Å². The SMILES string of the molecule is NC(=O)c1oc2ccccc2c(=O)c1F. The second kappa shape index (κ2) is 3.20. The molecular weight excluding hydrogens is 201 g/mol. The van der Waals surface area contributed by atoms with Crippen LogP contribution >= 0.6 is 0 Å². The van der Waals surface area contributed by atoms with Crippen LogP contribution in [0.5, 0.6) is 0 Å². The first-order chi connectivity index (χ1) is 7.11. The van der Waals surface area contributed by atoms with Crippen molar-refractivity contribution in [3.8, 4) is 0 Å². The van der Waals surface area contributed by atoms with E-state index in [-0.39, 0.29) is 11.0 Å². The van der Waals surface area contributed by atoms with E-state index in [0.29, 0.717) is 0 Å². The van der Waals surface area contributed by atoms with Crippen LogP contribution in [0.25, 0.3) is 11.0 Å². The molecule has 0 fully saturated rings. The number of primary amides is 1. The van der Waals surface area contributed by atoms with Gasteiger partial charge in [0.2, 0.25) is 17.0 Å². The molecule has 0 aliphatic rings. The highest BCUT2D eigenvalue weighted by Gasteiger charge is 2.17. The van der Waals surface area contributed by atoms with Gasteiger partial charge in [0.15, 0.2) is 0 Å². The minimum absolute atomic E-state index is 0.0833. The van der Waals surface area contributed by atoms with Gasteiger partial charge >= 0.3 is 0 Å². The highest BCUT2D eigenvalue weighted by molar-refractivity contribution is 5.92. The van der Waals surface area contributed by atoms with Crippen LogP contribution in [0.15, 0.2) is 33.5 Å². The Morgan fingerprint density at radius 3 is 2.67 bits per heavy atom. The molecule has 76 valence electrons. The third-order valence-corrected chi connectivity index (χ3v) is 1.97.